The molecule has 30 heavy (non-hydrogen) atoms. The van der Waals surface area contributed by atoms with Gasteiger partial charge in [0.05, 0.1) is 17.1 Å². The van der Waals surface area contributed by atoms with E-state index in [2.05, 4.69) is 12.6 Å². The van der Waals surface area contributed by atoms with Crippen molar-refractivity contribution in [3.63, 3.8) is 0 Å². The van der Waals surface area contributed by atoms with Crippen molar-refractivity contribution < 1.29 is 52.6 Å². The monoisotopic (exact) mass is 476 g/mol. The van der Waals surface area contributed by atoms with Gasteiger partial charge in [-0.05, 0) is 37.9 Å². The van der Waals surface area contributed by atoms with E-state index in [-0.39, 0.29) is 44.8 Å². The number of aliphatic carboxylic acids is 4. The van der Waals surface area contributed by atoms with Gasteiger partial charge in [-0.2, -0.15) is 21.0 Å². The van der Waals surface area contributed by atoms with Crippen LogP contribution in [0, 0.1) is 11.8 Å². The summed E-state index contributed by atoms with van der Waals surface area (Å²) in [6, 6.07) is 0. The Kier molecular flexibility index (Phi) is 17.4. The Labute approximate surface area is 181 Å². The largest absolute Gasteiger partial charge is 0.481 e. The Morgan fingerprint density at radius 1 is 0.800 bits per heavy atom. The second-order valence-corrected chi connectivity index (χ2v) is 9.30. The zero-order valence-electron chi connectivity index (χ0n) is 16.1. The summed E-state index contributed by atoms with van der Waals surface area (Å²) in [4.78, 5) is 41.8. The first-order chi connectivity index (χ1) is 13.1. The van der Waals surface area contributed by atoms with Gasteiger partial charge in [-0.15, -0.1) is 0 Å². The molecule has 0 aliphatic heterocycles. The molecule has 0 radical (unpaired) electrons. The first-order valence-electron chi connectivity index (χ1n) is 8.61. The SMILES string of the molecule is C.CC(CC(CCC(=O)O)C(=O)O)S(=O)(=O)O.CC(S)CC(CCC(=O)O)C(=O)O. The predicted molar refractivity (Wildman–Crippen MR) is 111 cm³/mol. The molecule has 0 aromatic rings. The molecule has 178 valence electrons. The lowest BCUT2D eigenvalue weighted by Gasteiger charge is -2.14. The van der Waals surface area contributed by atoms with Gasteiger partial charge >= 0.3 is 23.9 Å². The van der Waals surface area contributed by atoms with Crippen LogP contribution in [0.15, 0.2) is 0 Å². The van der Waals surface area contributed by atoms with Crippen LogP contribution in [0.3, 0.4) is 0 Å². The topological polar surface area (TPSA) is 204 Å². The summed E-state index contributed by atoms with van der Waals surface area (Å²) in [7, 11) is -4.28. The number of rotatable bonds is 13. The minimum Gasteiger partial charge on any atom is -0.481 e. The van der Waals surface area contributed by atoms with Gasteiger partial charge in [0, 0.05) is 12.8 Å². The Bertz CT molecular complexity index is 659. The molecule has 0 amide bonds. The summed E-state index contributed by atoms with van der Waals surface area (Å²) < 4.78 is 30.0. The molecule has 0 bridgehead atoms. The molecule has 11 nitrogen and oxygen atoms in total. The van der Waals surface area contributed by atoms with E-state index in [0.29, 0.717) is 6.42 Å². The van der Waals surface area contributed by atoms with Gasteiger partial charge in [-0.3, -0.25) is 23.7 Å². The van der Waals surface area contributed by atoms with Gasteiger partial charge in [-0.1, -0.05) is 14.4 Å². The third-order valence-corrected chi connectivity index (χ3v) is 5.28. The molecule has 0 spiro atoms. The number of thiol groups is 1. The van der Waals surface area contributed by atoms with Crippen LogP contribution in [0.2, 0.25) is 0 Å². The maximum atomic E-state index is 10.7. The molecule has 13 heteroatoms. The lowest BCUT2D eigenvalue weighted by molar-refractivity contribution is -0.144. The van der Waals surface area contributed by atoms with E-state index >= 15 is 0 Å². The maximum Gasteiger partial charge on any atom is 0.306 e. The van der Waals surface area contributed by atoms with Gasteiger partial charge in [0.25, 0.3) is 10.1 Å². The highest BCUT2D eigenvalue weighted by atomic mass is 32.2. The minimum absolute atomic E-state index is 0. The standard InChI is InChI=1S/C8H14O7S.C8H14O4S.CH4/c1-5(16(13,14)15)4-6(8(11)12)2-3-7(9)10;1-5(13)4-6(8(11)12)2-3-7(9)10;/h5-6H,2-4H2,1H3,(H,9,10)(H,11,12)(H,13,14,15);5-6,13H,2-4H2,1H3,(H,9,10)(H,11,12);1H4. The molecule has 0 aliphatic carbocycles. The molecule has 0 heterocycles. The number of hydrogen-bond donors (Lipinski definition) is 6. The summed E-state index contributed by atoms with van der Waals surface area (Å²) in [5.41, 5.74) is 0. The van der Waals surface area contributed by atoms with E-state index < -0.39 is 51.1 Å². The summed E-state index contributed by atoms with van der Waals surface area (Å²) in [6.45, 7) is 2.96. The molecule has 0 saturated carbocycles. The van der Waals surface area contributed by atoms with Crippen molar-refractivity contribution in [1.29, 1.82) is 0 Å². The van der Waals surface area contributed by atoms with Crippen molar-refractivity contribution in [2.75, 3.05) is 0 Å². The zero-order chi connectivity index (χ0) is 23.4. The second kappa shape index (κ2) is 15.9. The molecule has 5 N–H and O–H groups in total. The van der Waals surface area contributed by atoms with E-state index in [0.717, 1.165) is 0 Å². The van der Waals surface area contributed by atoms with Crippen LogP contribution in [0.1, 0.15) is 59.8 Å². The van der Waals surface area contributed by atoms with Crippen molar-refractivity contribution in [1.82, 2.24) is 0 Å². The Balaban J connectivity index is -0.000000480. The Morgan fingerprint density at radius 3 is 1.37 bits per heavy atom. The molecular formula is C17H32O11S2. The van der Waals surface area contributed by atoms with E-state index in [1.54, 1.807) is 6.92 Å². The normalized spacial score (nSPS) is 14.7. The number of carboxylic acids is 4. The average molecular weight is 477 g/mol. The minimum atomic E-state index is -4.28. The molecule has 4 atom stereocenters. The fraction of sp³-hybridized carbons (Fsp3) is 0.765. The molecule has 0 aromatic heterocycles. The molecule has 0 rings (SSSR count). The number of carboxylic acid groups (broad SMARTS) is 4. The van der Waals surface area contributed by atoms with Crippen molar-refractivity contribution in [3.05, 3.63) is 0 Å². The molecule has 0 saturated heterocycles. The molecule has 0 aromatic carbocycles. The highest BCUT2D eigenvalue weighted by molar-refractivity contribution is 7.86. The summed E-state index contributed by atoms with van der Waals surface area (Å²) >= 11 is 4.07. The molecular weight excluding hydrogens is 444 g/mol. The molecule has 4 unspecified atom stereocenters. The van der Waals surface area contributed by atoms with Crippen molar-refractivity contribution in [2.45, 2.75) is 70.3 Å². The lowest BCUT2D eigenvalue weighted by atomic mass is 9.98. The predicted octanol–water partition coefficient (Wildman–Crippen LogP) is 2.11. The van der Waals surface area contributed by atoms with Crippen LogP contribution in [0.4, 0.5) is 0 Å². The number of carbonyl (C=O) groups is 4. The van der Waals surface area contributed by atoms with Crippen LogP contribution >= 0.6 is 12.6 Å². The summed E-state index contributed by atoms with van der Waals surface area (Å²) in [5, 5.41) is 32.9. The zero-order valence-corrected chi connectivity index (χ0v) is 17.8. The van der Waals surface area contributed by atoms with Crippen molar-refractivity contribution in [3.8, 4) is 0 Å². The second-order valence-electron chi connectivity index (χ2n) is 6.58. The third-order valence-electron chi connectivity index (χ3n) is 3.86. The molecule has 0 aliphatic rings. The Hall–Kier alpha value is -1.86. The van der Waals surface area contributed by atoms with E-state index in [1.165, 1.54) is 6.92 Å². The first kappa shape index (κ1) is 32.8. The highest BCUT2D eigenvalue weighted by Gasteiger charge is 2.27. The van der Waals surface area contributed by atoms with E-state index in [4.69, 9.17) is 25.0 Å². The van der Waals surface area contributed by atoms with Crippen LogP contribution in [0.25, 0.3) is 0 Å². The smallest absolute Gasteiger partial charge is 0.306 e. The van der Waals surface area contributed by atoms with Crippen LogP contribution < -0.4 is 0 Å². The quantitative estimate of drug-likeness (QED) is 0.168. The summed E-state index contributed by atoms with van der Waals surface area (Å²) in [6.07, 6.45) is -0.333. The average Bonchev–Trinajstić information content (AvgIpc) is 2.53. The van der Waals surface area contributed by atoms with Gasteiger partial charge in [0.15, 0.2) is 0 Å². The van der Waals surface area contributed by atoms with Gasteiger partial charge in [0.2, 0.25) is 0 Å². The van der Waals surface area contributed by atoms with Gasteiger partial charge in [0.1, 0.15) is 0 Å². The van der Waals surface area contributed by atoms with E-state index in [9.17, 15) is 27.6 Å². The maximum absolute atomic E-state index is 10.7. The first-order valence-corrected chi connectivity index (χ1v) is 10.6. The Morgan fingerprint density at radius 2 is 1.13 bits per heavy atom. The molecule has 0 fully saturated rings. The van der Waals surface area contributed by atoms with Crippen LogP contribution in [0.5, 0.6) is 0 Å². The lowest BCUT2D eigenvalue weighted by Crippen LogP contribution is -2.25. The van der Waals surface area contributed by atoms with Crippen LogP contribution in [-0.2, 0) is 29.3 Å². The highest BCUT2D eigenvalue weighted by Crippen LogP contribution is 2.18. The van der Waals surface area contributed by atoms with Gasteiger partial charge in [-0.25, -0.2) is 0 Å². The fourth-order valence-corrected chi connectivity index (χ4v) is 2.94. The van der Waals surface area contributed by atoms with Gasteiger partial charge < -0.3 is 20.4 Å². The van der Waals surface area contributed by atoms with Crippen molar-refractivity contribution >= 4 is 46.6 Å². The van der Waals surface area contributed by atoms with Crippen LogP contribution in [-0.4, -0.2) is 67.8 Å². The van der Waals surface area contributed by atoms with E-state index in [1.807, 2.05) is 0 Å². The summed E-state index contributed by atoms with van der Waals surface area (Å²) in [5.74, 6) is -6.00. The van der Waals surface area contributed by atoms with Crippen molar-refractivity contribution in [2.24, 2.45) is 11.8 Å². The fourth-order valence-electron chi connectivity index (χ4n) is 2.21. The number of hydrogen-bond acceptors (Lipinski definition) is 7. The third kappa shape index (κ3) is 18.2.